The van der Waals surface area contributed by atoms with Crippen LogP contribution in [-0.4, -0.2) is 33.5 Å². The van der Waals surface area contributed by atoms with E-state index in [0.717, 1.165) is 24.2 Å². The summed E-state index contributed by atoms with van der Waals surface area (Å²) in [6.45, 7) is 0.800. The molecule has 1 aliphatic heterocycles. The van der Waals surface area contributed by atoms with Gasteiger partial charge in [0.1, 0.15) is 6.04 Å². The van der Waals surface area contributed by atoms with Crippen molar-refractivity contribution < 1.29 is 9.90 Å². The molecule has 5 heteroatoms. The van der Waals surface area contributed by atoms with Gasteiger partial charge in [-0.25, -0.2) is 0 Å². The lowest BCUT2D eigenvalue weighted by Crippen LogP contribution is -2.39. The molecular weight excluding hydrogens is 272 g/mol. The summed E-state index contributed by atoms with van der Waals surface area (Å²) in [7, 11) is 0. The van der Waals surface area contributed by atoms with Crippen LogP contribution in [0.15, 0.2) is 41.2 Å². The molecule has 1 aliphatic rings. The topological polar surface area (TPSA) is 53.4 Å². The lowest BCUT2D eigenvalue weighted by Gasteiger charge is -2.30. The Hall–Kier alpha value is -1.72. The molecule has 0 spiro atoms. The molecule has 1 saturated heterocycles. The normalized spacial score (nSPS) is 20.9. The Morgan fingerprint density at radius 2 is 2.35 bits per heavy atom. The van der Waals surface area contributed by atoms with Crippen molar-refractivity contribution in [2.45, 2.75) is 24.9 Å². The van der Waals surface area contributed by atoms with Crippen LogP contribution in [0.2, 0.25) is 0 Å². The van der Waals surface area contributed by atoms with Gasteiger partial charge in [0, 0.05) is 12.7 Å². The Morgan fingerprint density at radius 1 is 1.45 bits per heavy atom. The summed E-state index contributed by atoms with van der Waals surface area (Å²) >= 11 is 1.63. The number of likely N-dealkylation sites (tertiary alicyclic amines) is 1. The molecule has 4 nitrogen and oxygen atoms in total. The van der Waals surface area contributed by atoms with Crippen LogP contribution in [0.1, 0.15) is 30.1 Å². The van der Waals surface area contributed by atoms with Gasteiger partial charge in [-0.15, -0.1) is 0 Å². The zero-order valence-corrected chi connectivity index (χ0v) is 11.8. The number of thiophene rings is 1. The van der Waals surface area contributed by atoms with Gasteiger partial charge >= 0.3 is 5.97 Å². The van der Waals surface area contributed by atoms with Crippen molar-refractivity contribution >= 4 is 17.3 Å². The summed E-state index contributed by atoms with van der Waals surface area (Å²) in [5.41, 5.74) is 2.04. The minimum atomic E-state index is -0.737. The maximum Gasteiger partial charge on any atom is 0.320 e. The van der Waals surface area contributed by atoms with E-state index in [1.807, 2.05) is 23.6 Å². The van der Waals surface area contributed by atoms with Crippen LogP contribution in [0.3, 0.4) is 0 Å². The average Bonchev–Trinajstić information content (AvgIpc) is 3.12. The lowest BCUT2D eigenvalue weighted by atomic mass is 10.0. The lowest BCUT2D eigenvalue weighted by molar-refractivity contribution is -0.142. The largest absolute Gasteiger partial charge is 0.480 e. The molecule has 0 bridgehead atoms. The molecule has 3 rings (SSSR count). The third kappa shape index (κ3) is 2.46. The number of aromatic nitrogens is 1. The zero-order chi connectivity index (χ0) is 13.9. The first-order valence-corrected chi connectivity index (χ1v) is 7.63. The number of aliphatic carboxylic acids is 1. The van der Waals surface area contributed by atoms with Crippen LogP contribution in [0, 0.1) is 0 Å². The third-order valence-corrected chi connectivity index (χ3v) is 4.44. The Morgan fingerprint density at radius 3 is 3.00 bits per heavy atom. The number of rotatable bonds is 4. The SMILES string of the molecule is O=C(O)C1CCCN1C(c1ccsc1)c1ccccn1. The van der Waals surface area contributed by atoms with E-state index in [4.69, 9.17) is 0 Å². The van der Waals surface area contributed by atoms with E-state index in [1.54, 1.807) is 17.5 Å². The molecule has 1 fully saturated rings. The molecule has 2 atom stereocenters. The summed E-state index contributed by atoms with van der Waals surface area (Å²) in [4.78, 5) is 18.0. The number of pyridine rings is 1. The second kappa shape index (κ2) is 5.73. The van der Waals surface area contributed by atoms with Crippen molar-refractivity contribution in [1.82, 2.24) is 9.88 Å². The van der Waals surface area contributed by atoms with Gasteiger partial charge in [0.15, 0.2) is 0 Å². The molecule has 0 radical (unpaired) electrons. The summed E-state index contributed by atoms with van der Waals surface area (Å²) in [6.07, 6.45) is 3.40. The van der Waals surface area contributed by atoms with Crippen LogP contribution < -0.4 is 0 Å². The summed E-state index contributed by atoms with van der Waals surface area (Å²) < 4.78 is 0. The van der Waals surface area contributed by atoms with Gasteiger partial charge < -0.3 is 5.11 Å². The maximum absolute atomic E-state index is 11.5. The predicted molar refractivity (Wildman–Crippen MR) is 77.8 cm³/mol. The Labute approximate surface area is 121 Å². The molecule has 0 aliphatic carbocycles. The Balaban J connectivity index is 2.00. The molecule has 2 aromatic rings. The highest BCUT2D eigenvalue weighted by molar-refractivity contribution is 7.08. The van der Waals surface area contributed by atoms with Crippen molar-refractivity contribution in [1.29, 1.82) is 0 Å². The van der Waals surface area contributed by atoms with Crippen molar-refractivity contribution in [2.75, 3.05) is 6.54 Å². The van der Waals surface area contributed by atoms with Gasteiger partial charge in [-0.1, -0.05) is 6.07 Å². The number of hydrogen-bond donors (Lipinski definition) is 1. The van der Waals surface area contributed by atoms with Crippen LogP contribution in [0.25, 0.3) is 0 Å². The predicted octanol–water partition coefficient (Wildman–Crippen LogP) is 2.78. The molecule has 3 heterocycles. The molecule has 0 saturated carbocycles. The van der Waals surface area contributed by atoms with E-state index < -0.39 is 12.0 Å². The van der Waals surface area contributed by atoms with Gasteiger partial charge in [0.05, 0.1) is 11.7 Å². The van der Waals surface area contributed by atoms with Crippen molar-refractivity contribution in [3.63, 3.8) is 0 Å². The molecule has 0 aromatic carbocycles. The second-order valence-corrected chi connectivity index (χ2v) is 5.73. The number of nitrogens with zero attached hydrogens (tertiary/aromatic N) is 2. The van der Waals surface area contributed by atoms with Crippen LogP contribution in [0.4, 0.5) is 0 Å². The minimum Gasteiger partial charge on any atom is -0.480 e. The van der Waals surface area contributed by atoms with Crippen LogP contribution in [-0.2, 0) is 4.79 Å². The first-order chi connectivity index (χ1) is 9.77. The fourth-order valence-electron chi connectivity index (χ4n) is 2.86. The van der Waals surface area contributed by atoms with Gasteiger partial charge in [0.25, 0.3) is 0 Å². The molecule has 20 heavy (non-hydrogen) atoms. The van der Waals surface area contributed by atoms with Gasteiger partial charge in [0.2, 0.25) is 0 Å². The summed E-state index contributed by atoms with van der Waals surface area (Å²) in [5, 5.41) is 13.5. The highest BCUT2D eigenvalue weighted by Gasteiger charge is 2.37. The zero-order valence-electron chi connectivity index (χ0n) is 11.0. The molecule has 1 N–H and O–H groups in total. The number of carboxylic acids is 1. The molecule has 2 aromatic heterocycles. The van der Waals surface area contributed by atoms with Crippen molar-refractivity contribution in [3.8, 4) is 0 Å². The van der Waals surface area contributed by atoms with E-state index in [2.05, 4.69) is 21.3 Å². The Bertz CT molecular complexity index is 571. The maximum atomic E-state index is 11.5. The first kappa shape index (κ1) is 13.3. The van der Waals surface area contributed by atoms with Gasteiger partial charge in [-0.05, 0) is 47.4 Å². The minimum absolute atomic E-state index is 0.0638. The fraction of sp³-hybridized carbons (Fsp3) is 0.333. The molecule has 2 unspecified atom stereocenters. The summed E-state index contributed by atoms with van der Waals surface area (Å²) in [6, 6.07) is 7.38. The van der Waals surface area contributed by atoms with Crippen molar-refractivity contribution in [2.24, 2.45) is 0 Å². The van der Waals surface area contributed by atoms with E-state index >= 15 is 0 Å². The van der Waals surface area contributed by atoms with Crippen LogP contribution in [0.5, 0.6) is 0 Å². The first-order valence-electron chi connectivity index (χ1n) is 6.69. The molecule has 104 valence electrons. The standard InChI is InChI=1S/C15H16N2O2S/c18-15(19)13-5-3-8-17(13)14(11-6-9-20-10-11)12-4-1-2-7-16-12/h1-2,4,6-7,9-10,13-14H,3,5,8H2,(H,18,19). The number of carboxylic acid groups (broad SMARTS) is 1. The quantitative estimate of drug-likeness (QED) is 0.940. The monoisotopic (exact) mass is 288 g/mol. The second-order valence-electron chi connectivity index (χ2n) is 4.95. The van der Waals surface area contributed by atoms with E-state index in [1.165, 1.54) is 0 Å². The van der Waals surface area contributed by atoms with E-state index in [9.17, 15) is 9.90 Å². The third-order valence-electron chi connectivity index (χ3n) is 3.74. The van der Waals surface area contributed by atoms with Crippen LogP contribution >= 0.6 is 11.3 Å². The fourth-order valence-corrected chi connectivity index (χ4v) is 3.54. The van der Waals surface area contributed by atoms with Gasteiger partial charge in [-0.2, -0.15) is 11.3 Å². The Kier molecular flexibility index (Phi) is 3.80. The molecular formula is C15H16N2O2S. The van der Waals surface area contributed by atoms with Gasteiger partial charge in [-0.3, -0.25) is 14.7 Å². The highest BCUT2D eigenvalue weighted by atomic mass is 32.1. The number of hydrogen-bond acceptors (Lipinski definition) is 4. The van der Waals surface area contributed by atoms with Crippen molar-refractivity contribution in [3.05, 3.63) is 52.5 Å². The van der Waals surface area contributed by atoms with E-state index in [0.29, 0.717) is 6.42 Å². The smallest absolute Gasteiger partial charge is 0.320 e. The summed E-state index contributed by atoms with van der Waals surface area (Å²) in [5.74, 6) is -0.737. The molecule has 0 amide bonds. The number of carbonyl (C=O) groups is 1. The highest BCUT2D eigenvalue weighted by Crippen LogP contribution is 2.34. The van der Waals surface area contributed by atoms with E-state index in [-0.39, 0.29) is 6.04 Å². The average molecular weight is 288 g/mol.